The number of hydrogen-bond acceptors (Lipinski definition) is 6. The summed E-state index contributed by atoms with van der Waals surface area (Å²) in [7, 11) is 1.90. The molecule has 0 aliphatic heterocycles. The number of ether oxygens (including phenoxy) is 1. The number of Topliss-reactive ketones (excluding diaryl/α,β-unsaturated/α-hetero) is 1. The second-order valence-electron chi connectivity index (χ2n) is 20.7. The van der Waals surface area contributed by atoms with Crippen molar-refractivity contribution in [3.8, 4) is 0 Å². The fraction of sp³-hybridized carbons (Fsp3) is 0.864. The summed E-state index contributed by atoms with van der Waals surface area (Å²) in [4.78, 5) is 54.4. The zero-order valence-electron chi connectivity index (χ0n) is 34.0. The van der Waals surface area contributed by atoms with Crippen LogP contribution in [0.2, 0.25) is 0 Å². The van der Waals surface area contributed by atoms with Crippen molar-refractivity contribution in [1.82, 2.24) is 4.90 Å². The van der Waals surface area contributed by atoms with E-state index in [-0.39, 0.29) is 70.2 Å². The van der Waals surface area contributed by atoms with Crippen molar-refractivity contribution in [1.29, 1.82) is 0 Å². The number of aliphatic hydroxyl groups is 1. The van der Waals surface area contributed by atoms with Gasteiger partial charge in [-0.3, -0.25) is 19.2 Å². The number of carboxylic acids is 1. The van der Waals surface area contributed by atoms with Crippen LogP contribution in [0.4, 0.5) is 0 Å². The van der Waals surface area contributed by atoms with E-state index in [4.69, 9.17) is 4.74 Å². The van der Waals surface area contributed by atoms with Gasteiger partial charge in [0.25, 0.3) is 0 Å². The smallest absolute Gasteiger partial charge is 0.309 e. The SMILES string of the molecule is CC(C)C1=C2[C@H]3CC[C@@H]4[C@@]5(C)CC[C@H](OC(=O)CC(C)(C)C(=O)O)C(C)(C)[C@@H]5CC[C@@]4(C)[C@]3(C)CC[C@@]2([C@H](O)CC(=O)N(C)C2CCCC2)CC1=O. The van der Waals surface area contributed by atoms with Crippen molar-refractivity contribution < 1.29 is 34.1 Å². The molecular weight excluding hydrogens is 654 g/mol. The highest BCUT2D eigenvalue weighted by molar-refractivity contribution is 6.01. The summed E-state index contributed by atoms with van der Waals surface area (Å²) in [5.41, 5.74) is 0.0339. The topological polar surface area (TPSA) is 121 Å². The monoisotopic (exact) mass is 724 g/mol. The molecule has 0 radical (unpaired) electrons. The number of amides is 1. The van der Waals surface area contributed by atoms with Crippen molar-refractivity contribution in [2.24, 2.45) is 56.2 Å². The predicted octanol–water partition coefficient (Wildman–Crippen LogP) is 8.53. The standard InChI is InChI=1S/C44H69NO7/c1-26(2)36-29(46)24-44(32(47)23-34(48)45(10)27-13-11-12-14-27)22-21-42(8)28(37(36)44)15-16-31-41(7)19-18-33(52-35(49)25-39(3,4)38(50)51)40(5,6)30(41)17-20-43(31,42)9/h26-28,30-33,47H,11-25H2,1-10H3,(H,50,51)/t28-,30+,31-,32-,33+,41+,42-,43-,44+/m1/s1. The fourth-order valence-electron chi connectivity index (χ4n) is 13.9. The van der Waals surface area contributed by atoms with Crippen LogP contribution in [-0.4, -0.2) is 64.0 Å². The third kappa shape index (κ3) is 5.84. The minimum absolute atomic E-state index is 0.00307. The van der Waals surface area contributed by atoms with Crippen molar-refractivity contribution >= 4 is 23.6 Å². The quantitative estimate of drug-likeness (QED) is 0.229. The van der Waals surface area contributed by atoms with Gasteiger partial charge in [0.2, 0.25) is 5.91 Å². The molecule has 0 bridgehead atoms. The van der Waals surface area contributed by atoms with Crippen molar-refractivity contribution in [3.05, 3.63) is 11.1 Å². The molecule has 0 aromatic heterocycles. The molecule has 8 heteroatoms. The van der Waals surface area contributed by atoms with Gasteiger partial charge in [-0.2, -0.15) is 0 Å². The van der Waals surface area contributed by atoms with Gasteiger partial charge in [0, 0.05) is 30.3 Å². The number of allylic oxidation sites excluding steroid dienone is 1. The molecule has 8 nitrogen and oxygen atoms in total. The molecule has 0 aromatic rings. The third-order valence-electron chi connectivity index (χ3n) is 17.1. The van der Waals surface area contributed by atoms with Gasteiger partial charge in [-0.05, 0) is 124 Å². The first-order valence-electron chi connectivity index (χ1n) is 20.7. The molecule has 292 valence electrons. The second-order valence-corrected chi connectivity index (χ2v) is 20.7. The summed E-state index contributed by atoms with van der Waals surface area (Å²) < 4.78 is 6.16. The van der Waals surface area contributed by atoms with E-state index in [0.717, 1.165) is 82.6 Å². The summed E-state index contributed by atoms with van der Waals surface area (Å²) in [6.07, 6.45) is 11.0. The molecule has 0 spiro atoms. The Morgan fingerprint density at radius 2 is 1.54 bits per heavy atom. The van der Waals surface area contributed by atoms with E-state index in [2.05, 4.69) is 48.5 Å². The maximum Gasteiger partial charge on any atom is 0.309 e. The zero-order valence-corrected chi connectivity index (χ0v) is 34.0. The van der Waals surface area contributed by atoms with Crippen LogP contribution >= 0.6 is 0 Å². The largest absolute Gasteiger partial charge is 0.481 e. The first-order chi connectivity index (χ1) is 24.1. The molecule has 2 N–H and O–H groups in total. The predicted molar refractivity (Wildman–Crippen MR) is 201 cm³/mol. The van der Waals surface area contributed by atoms with Crippen LogP contribution in [0.3, 0.4) is 0 Å². The van der Waals surface area contributed by atoms with Gasteiger partial charge in [-0.1, -0.05) is 66.9 Å². The van der Waals surface area contributed by atoms with Crippen LogP contribution in [0, 0.1) is 56.2 Å². The molecule has 1 amide bonds. The van der Waals surface area contributed by atoms with Gasteiger partial charge in [-0.15, -0.1) is 0 Å². The Morgan fingerprint density at radius 3 is 2.15 bits per heavy atom. The Labute approximate surface area is 313 Å². The molecule has 0 saturated heterocycles. The van der Waals surface area contributed by atoms with Gasteiger partial charge < -0.3 is 19.8 Å². The highest BCUT2D eigenvalue weighted by Crippen LogP contribution is 2.77. The number of nitrogens with zero attached hydrogens (tertiary/aromatic N) is 1. The summed E-state index contributed by atoms with van der Waals surface area (Å²) in [5, 5.41) is 21.8. The van der Waals surface area contributed by atoms with Crippen molar-refractivity contribution in [2.75, 3.05) is 7.05 Å². The van der Waals surface area contributed by atoms with E-state index >= 15 is 0 Å². The first kappa shape index (κ1) is 39.5. The Bertz CT molecular complexity index is 1500. The van der Waals surface area contributed by atoms with Crippen LogP contribution in [0.15, 0.2) is 11.1 Å². The van der Waals surface area contributed by atoms with Crippen molar-refractivity contribution in [3.63, 3.8) is 0 Å². The lowest BCUT2D eigenvalue weighted by atomic mass is 9.33. The molecule has 5 saturated carbocycles. The molecule has 6 rings (SSSR count). The Morgan fingerprint density at radius 1 is 0.885 bits per heavy atom. The molecule has 6 aliphatic carbocycles. The summed E-state index contributed by atoms with van der Waals surface area (Å²) >= 11 is 0. The molecule has 0 aromatic carbocycles. The van der Waals surface area contributed by atoms with Gasteiger partial charge >= 0.3 is 11.9 Å². The minimum atomic E-state index is -1.17. The maximum atomic E-state index is 14.1. The van der Waals surface area contributed by atoms with E-state index < -0.39 is 28.9 Å². The number of hydrogen-bond donors (Lipinski definition) is 2. The Hall–Kier alpha value is -2.22. The van der Waals surface area contributed by atoms with Crippen LogP contribution in [0.1, 0.15) is 159 Å². The number of esters is 1. The van der Waals surface area contributed by atoms with Crippen LogP contribution in [-0.2, 0) is 23.9 Å². The van der Waals surface area contributed by atoms with Gasteiger partial charge in [0.15, 0.2) is 5.78 Å². The van der Waals surface area contributed by atoms with Crippen molar-refractivity contribution in [2.45, 2.75) is 177 Å². The zero-order chi connectivity index (χ0) is 38.4. The highest BCUT2D eigenvalue weighted by atomic mass is 16.5. The number of carbonyl (C=O) groups excluding carboxylic acids is 3. The lowest BCUT2D eigenvalue weighted by Gasteiger charge is -2.72. The average molecular weight is 724 g/mol. The van der Waals surface area contributed by atoms with Gasteiger partial charge in [0.1, 0.15) is 6.10 Å². The number of aliphatic carboxylic acids is 1. The lowest BCUT2D eigenvalue weighted by Crippen LogP contribution is -2.66. The number of rotatable bonds is 9. The van der Waals surface area contributed by atoms with Crippen LogP contribution in [0.5, 0.6) is 0 Å². The second kappa shape index (κ2) is 13.2. The summed E-state index contributed by atoms with van der Waals surface area (Å²) in [5.74, 6) is -0.186. The van der Waals surface area contributed by atoms with E-state index in [9.17, 15) is 29.4 Å². The number of aliphatic hydroxyl groups excluding tert-OH is 1. The molecule has 0 heterocycles. The number of carbonyl (C=O) groups is 4. The van der Waals surface area contributed by atoms with E-state index in [1.54, 1.807) is 13.8 Å². The number of fused-ring (bicyclic) bond motifs is 7. The number of carboxylic acid groups (broad SMARTS) is 1. The third-order valence-corrected chi connectivity index (χ3v) is 17.1. The molecule has 5 fully saturated rings. The molecular formula is C44H69NO7. The Kier molecular flexibility index (Phi) is 10.0. The summed E-state index contributed by atoms with van der Waals surface area (Å²) in [6.45, 7) is 19.5. The van der Waals surface area contributed by atoms with E-state index in [1.165, 1.54) is 5.57 Å². The van der Waals surface area contributed by atoms with E-state index in [0.29, 0.717) is 18.3 Å². The highest BCUT2D eigenvalue weighted by Gasteiger charge is 2.71. The number of ketones is 1. The molecule has 9 atom stereocenters. The summed E-state index contributed by atoms with van der Waals surface area (Å²) in [6, 6.07) is 0.251. The molecule has 0 unspecified atom stereocenters. The minimum Gasteiger partial charge on any atom is -0.481 e. The maximum absolute atomic E-state index is 14.1. The molecule has 6 aliphatic rings. The molecule has 52 heavy (non-hydrogen) atoms. The van der Waals surface area contributed by atoms with Crippen LogP contribution in [0.25, 0.3) is 0 Å². The van der Waals surface area contributed by atoms with Gasteiger partial charge in [0.05, 0.1) is 24.4 Å². The Balaban J connectivity index is 1.28. The van der Waals surface area contributed by atoms with Crippen LogP contribution < -0.4 is 0 Å². The lowest BCUT2D eigenvalue weighted by molar-refractivity contribution is -0.235. The van der Waals surface area contributed by atoms with E-state index in [1.807, 2.05) is 11.9 Å². The average Bonchev–Trinajstić information content (AvgIpc) is 3.69. The van der Waals surface area contributed by atoms with Gasteiger partial charge in [-0.25, -0.2) is 0 Å². The first-order valence-corrected chi connectivity index (χ1v) is 20.7. The fourth-order valence-corrected chi connectivity index (χ4v) is 13.9. The normalized spacial score (nSPS) is 39.3.